The van der Waals surface area contributed by atoms with E-state index in [0.717, 1.165) is 12.2 Å². The molecule has 0 bridgehead atoms. The van der Waals surface area contributed by atoms with Gasteiger partial charge in [0.2, 0.25) is 0 Å². The largest absolute Gasteiger partial charge is 0.497 e. The minimum absolute atomic E-state index is 0.129. The van der Waals surface area contributed by atoms with Gasteiger partial charge >= 0.3 is 0 Å². The lowest BCUT2D eigenvalue weighted by Gasteiger charge is -2.14. The lowest BCUT2D eigenvalue weighted by Crippen LogP contribution is -2.18. The molecule has 0 saturated carbocycles. The molecule has 0 aliphatic carbocycles. The third kappa shape index (κ3) is 4.11. The Morgan fingerprint density at radius 2 is 1.87 bits per heavy atom. The molecule has 1 heterocycles. The lowest BCUT2D eigenvalue weighted by molar-refractivity contribution is 0.102. The van der Waals surface area contributed by atoms with Crippen LogP contribution in [0, 0.1) is 0 Å². The molecule has 1 aliphatic rings. The van der Waals surface area contributed by atoms with Crippen LogP contribution in [0.4, 0.5) is 5.69 Å². The zero-order valence-electron chi connectivity index (χ0n) is 13.4. The molecule has 0 spiro atoms. The lowest BCUT2D eigenvalue weighted by atomic mass is 10.1. The number of hydrogen-bond acceptors (Lipinski definition) is 3. The van der Waals surface area contributed by atoms with Crippen LogP contribution in [0.25, 0.3) is 0 Å². The molecule has 0 atom stereocenters. The van der Waals surface area contributed by atoms with Crippen LogP contribution in [0.1, 0.15) is 28.8 Å². The molecule has 23 heavy (non-hydrogen) atoms. The summed E-state index contributed by atoms with van der Waals surface area (Å²) in [6, 6.07) is 15.2. The summed E-state index contributed by atoms with van der Waals surface area (Å²) < 4.78 is 5.15. The van der Waals surface area contributed by atoms with Crippen molar-refractivity contribution in [3.05, 3.63) is 59.7 Å². The van der Waals surface area contributed by atoms with Gasteiger partial charge in [-0.15, -0.1) is 0 Å². The van der Waals surface area contributed by atoms with Gasteiger partial charge in [0.05, 0.1) is 7.11 Å². The van der Waals surface area contributed by atoms with Crippen LogP contribution in [0.15, 0.2) is 48.5 Å². The van der Waals surface area contributed by atoms with E-state index in [2.05, 4.69) is 22.3 Å². The van der Waals surface area contributed by atoms with E-state index in [0.29, 0.717) is 11.3 Å². The van der Waals surface area contributed by atoms with Gasteiger partial charge in [-0.1, -0.05) is 18.2 Å². The van der Waals surface area contributed by atoms with E-state index in [-0.39, 0.29) is 5.91 Å². The standard InChI is InChI=1S/C19H22N2O2/c1-23-18-6-4-5-16(13-18)19(22)20-17-9-7-15(8-10-17)14-21-11-2-3-12-21/h4-10,13H,2-3,11-12,14H2,1H3,(H,20,22). The number of hydrogen-bond donors (Lipinski definition) is 1. The molecule has 3 rings (SSSR count). The first kappa shape index (κ1) is 15.6. The summed E-state index contributed by atoms with van der Waals surface area (Å²) in [5.41, 5.74) is 2.68. The summed E-state index contributed by atoms with van der Waals surface area (Å²) in [5, 5.41) is 2.92. The third-order valence-corrected chi connectivity index (χ3v) is 4.15. The summed E-state index contributed by atoms with van der Waals surface area (Å²) >= 11 is 0. The number of benzene rings is 2. The molecule has 0 aromatic heterocycles. The van der Waals surface area contributed by atoms with Gasteiger partial charge in [0.1, 0.15) is 5.75 Å². The van der Waals surface area contributed by atoms with Gasteiger partial charge in [-0.25, -0.2) is 0 Å². The number of rotatable bonds is 5. The predicted octanol–water partition coefficient (Wildman–Crippen LogP) is 3.54. The van der Waals surface area contributed by atoms with Gasteiger partial charge < -0.3 is 10.1 Å². The number of methoxy groups -OCH3 is 1. The van der Waals surface area contributed by atoms with Crippen LogP contribution in [-0.2, 0) is 6.54 Å². The zero-order valence-corrected chi connectivity index (χ0v) is 13.4. The molecule has 1 saturated heterocycles. The fraction of sp³-hybridized carbons (Fsp3) is 0.316. The number of amides is 1. The van der Waals surface area contributed by atoms with Crippen molar-refractivity contribution in [1.29, 1.82) is 0 Å². The molecule has 1 N–H and O–H groups in total. The minimum atomic E-state index is -0.129. The highest BCUT2D eigenvalue weighted by atomic mass is 16.5. The first-order valence-electron chi connectivity index (χ1n) is 8.01. The van der Waals surface area contributed by atoms with E-state index in [1.165, 1.54) is 31.5 Å². The highest BCUT2D eigenvalue weighted by molar-refractivity contribution is 6.04. The van der Waals surface area contributed by atoms with E-state index in [1.807, 2.05) is 24.3 Å². The topological polar surface area (TPSA) is 41.6 Å². The van der Waals surface area contributed by atoms with Crippen molar-refractivity contribution in [3.63, 3.8) is 0 Å². The molecule has 1 amide bonds. The van der Waals surface area contributed by atoms with Gasteiger partial charge in [0, 0.05) is 17.8 Å². The second kappa shape index (κ2) is 7.29. The van der Waals surface area contributed by atoms with Crippen molar-refractivity contribution < 1.29 is 9.53 Å². The number of carbonyl (C=O) groups is 1. The Bertz CT molecular complexity index is 661. The zero-order chi connectivity index (χ0) is 16.1. The summed E-state index contributed by atoms with van der Waals surface area (Å²) in [6.07, 6.45) is 2.60. The third-order valence-electron chi connectivity index (χ3n) is 4.15. The van der Waals surface area contributed by atoms with E-state index in [4.69, 9.17) is 4.74 Å². The first-order chi connectivity index (χ1) is 11.2. The van der Waals surface area contributed by atoms with Crippen molar-refractivity contribution in [1.82, 2.24) is 4.90 Å². The van der Waals surface area contributed by atoms with Crippen molar-refractivity contribution in [2.45, 2.75) is 19.4 Å². The number of nitrogens with zero attached hydrogens (tertiary/aromatic N) is 1. The molecular formula is C19H22N2O2. The van der Waals surface area contributed by atoms with E-state index >= 15 is 0 Å². The average Bonchev–Trinajstić information content (AvgIpc) is 3.09. The molecular weight excluding hydrogens is 288 g/mol. The van der Waals surface area contributed by atoms with Gasteiger partial charge in [0.15, 0.2) is 0 Å². The van der Waals surface area contributed by atoms with Crippen LogP contribution < -0.4 is 10.1 Å². The fourth-order valence-electron chi connectivity index (χ4n) is 2.86. The Morgan fingerprint density at radius 3 is 2.57 bits per heavy atom. The Balaban J connectivity index is 1.61. The minimum Gasteiger partial charge on any atom is -0.497 e. The maximum absolute atomic E-state index is 12.3. The molecule has 2 aromatic rings. The Hall–Kier alpha value is -2.33. The maximum Gasteiger partial charge on any atom is 0.255 e. The molecule has 0 radical (unpaired) electrons. The smallest absolute Gasteiger partial charge is 0.255 e. The molecule has 4 heteroatoms. The van der Waals surface area contributed by atoms with E-state index in [1.54, 1.807) is 19.2 Å². The first-order valence-corrected chi connectivity index (χ1v) is 8.01. The summed E-state index contributed by atoms with van der Waals surface area (Å²) in [7, 11) is 1.59. The monoisotopic (exact) mass is 310 g/mol. The van der Waals surface area contributed by atoms with Gasteiger partial charge in [0.25, 0.3) is 5.91 Å². The quantitative estimate of drug-likeness (QED) is 0.918. The Morgan fingerprint density at radius 1 is 1.13 bits per heavy atom. The molecule has 0 unspecified atom stereocenters. The van der Waals surface area contributed by atoms with E-state index in [9.17, 15) is 4.79 Å². The van der Waals surface area contributed by atoms with Crippen LogP contribution in [-0.4, -0.2) is 31.0 Å². The van der Waals surface area contributed by atoms with Crippen molar-refractivity contribution in [2.75, 3.05) is 25.5 Å². The number of ether oxygens (including phenoxy) is 1. The number of nitrogens with one attached hydrogen (secondary N) is 1. The van der Waals surface area contributed by atoms with Gasteiger partial charge in [-0.2, -0.15) is 0 Å². The molecule has 1 fully saturated rings. The van der Waals surface area contributed by atoms with Crippen LogP contribution in [0.3, 0.4) is 0 Å². The van der Waals surface area contributed by atoms with Crippen molar-refractivity contribution in [2.24, 2.45) is 0 Å². The summed E-state index contributed by atoms with van der Waals surface area (Å²) in [6.45, 7) is 3.37. The van der Waals surface area contributed by atoms with Crippen LogP contribution >= 0.6 is 0 Å². The summed E-state index contributed by atoms with van der Waals surface area (Å²) in [4.78, 5) is 14.7. The maximum atomic E-state index is 12.3. The van der Waals surface area contributed by atoms with Crippen molar-refractivity contribution >= 4 is 11.6 Å². The molecule has 2 aromatic carbocycles. The highest BCUT2D eigenvalue weighted by Gasteiger charge is 2.12. The highest BCUT2D eigenvalue weighted by Crippen LogP contribution is 2.17. The predicted molar refractivity (Wildman–Crippen MR) is 91.9 cm³/mol. The fourth-order valence-corrected chi connectivity index (χ4v) is 2.86. The van der Waals surface area contributed by atoms with Crippen LogP contribution in [0.2, 0.25) is 0 Å². The second-order valence-corrected chi connectivity index (χ2v) is 5.87. The molecule has 1 aliphatic heterocycles. The second-order valence-electron chi connectivity index (χ2n) is 5.87. The molecule has 120 valence electrons. The summed E-state index contributed by atoms with van der Waals surface area (Å²) in [5.74, 6) is 0.551. The SMILES string of the molecule is COc1cccc(C(=O)Nc2ccc(CN3CCCC3)cc2)c1. The number of anilines is 1. The Labute approximate surface area is 137 Å². The van der Waals surface area contributed by atoms with Crippen LogP contribution in [0.5, 0.6) is 5.75 Å². The van der Waals surface area contributed by atoms with Gasteiger partial charge in [-0.3, -0.25) is 9.69 Å². The van der Waals surface area contributed by atoms with E-state index < -0.39 is 0 Å². The normalized spacial score (nSPS) is 14.7. The Kier molecular flexibility index (Phi) is 4.93. The van der Waals surface area contributed by atoms with Crippen molar-refractivity contribution in [3.8, 4) is 5.75 Å². The average molecular weight is 310 g/mol. The number of likely N-dealkylation sites (tertiary alicyclic amines) is 1. The molecule has 4 nitrogen and oxygen atoms in total. The number of carbonyl (C=O) groups excluding carboxylic acids is 1. The van der Waals surface area contributed by atoms with Gasteiger partial charge in [-0.05, 0) is 61.8 Å².